The van der Waals surface area contributed by atoms with Gasteiger partial charge < -0.3 is 9.88 Å². The number of aromatic nitrogens is 3. The summed E-state index contributed by atoms with van der Waals surface area (Å²) in [6.45, 7) is 3.95. The number of benzene rings is 1. The van der Waals surface area contributed by atoms with Crippen molar-refractivity contribution in [3.8, 4) is 0 Å². The molecule has 0 saturated heterocycles. The fourth-order valence-corrected chi connectivity index (χ4v) is 4.31. The van der Waals surface area contributed by atoms with Crippen LogP contribution in [0, 0.1) is 13.8 Å². The van der Waals surface area contributed by atoms with E-state index in [1.807, 2.05) is 32.4 Å². The number of carbonyl (C=O) groups excluding carboxylic acids is 1. The first kappa shape index (κ1) is 16.8. The van der Waals surface area contributed by atoms with Gasteiger partial charge in [-0.2, -0.15) is 0 Å². The molecule has 2 N–H and O–H groups in total. The molecule has 26 heavy (non-hydrogen) atoms. The quantitative estimate of drug-likeness (QED) is 0.735. The second kappa shape index (κ2) is 6.92. The second-order valence-electron chi connectivity index (χ2n) is 6.55. The lowest BCUT2D eigenvalue weighted by atomic mass is 9.84. The summed E-state index contributed by atoms with van der Waals surface area (Å²) in [5, 5.41) is 6.66. The number of aryl methyl sites for hydroxylation is 3. The summed E-state index contributed by atoms with van der Waals surface area (Å²) >= 11 is 1.49. The Kier molecular flexibility index (Phi) is 4.46. The number of nitrogens with zero attached hydrogens (tertiary/aromatic N) is 3. The smallest absolute Gasteiger partial charge is 0.321 e. The molecule has 0 fully saturated rings. The highest BCUT2D eigenvalue weighted by Crippen LogP contribution is 2.37. The number of carbonyl (C=O) groups is 1. The van der Waals surface area contributed by atoms with Gasteiger partial charge in [0.1, 0.15) is 0 Å². The van der Waals surface area contributed by atoms with E-state index in [4.69, 9.17) is 0 Å². The van der Waals surface area contributed by atoms with Crippen molar-refractivity contribution in [1.29, 1.82) is 0 Å². The molecule has 4 rings (SSSR count). The maximum atomic E-state index is 12.6. The average molecular weight is 367 g/mol. The maximum Gasteiger partial charge on any atom is 0.321 e. The Hall–Kier alpha value is -2.67. The van der Waals surface area contributed by atoms with Gasteiger partial charge in [0.25, 0.3) is 0 Å². The molecule has 0 unspecified atom stereocenters. The van der Waals surface area contributed by atoms with Crippen LogP contribution in [0.15, 0.2) is 43.0 Å². The summed E-state index contributed by atoms with van der Waals surface area (Å²) in [4.78, 5) is 22.3. The molecule has 1 aliphatic rings. The lowest BCUT2D eigenvalue weighted by molar-refractivity contribution is 0.239. The fraction of sp³-hybridized carbons (Fsp3) is 0.316. The van der Waals surface area contributed by atoms with Crippen LogP contribution in [0.5, 0.6) is 0 Å². The molecular weight excluding hydrogens is 346 g/mol. The van der Waals surface area contributed by atoms with E-state index in [0.29, 0.717) is 5.13 Å². The molecule has 1 aliphatic carbocycles. The Balaban J connectivity index is 1.59. The number of fused-ring (bicyclic) bond motifs is 1. The average Bonchev–Trinajstić information content (AvgIpc) is 3.26. The normalized spacial score (nSPS) is 19.0. The molecule has 3 aromatic rings. The highest BCUT2D eigenvalue weighted by Gasteiger charge is 2.31. The van der Waals surface area contributed by atoms with Gasteiger partial charge in [0.2, 0.25) is 0 Å². The molecule has 2 heterocycles. The number of anilines is 1. The minimum atomic E-state index is -0.231. The first-order chi connectivity index (χ1) is 12.6. The molecular formula is C19H21N5OS. The van der Waals surface area contributed by atoms with Crippen molar-refractivity contribution in [3.05, 3.63) is 64.7 Å². The number of imidazole rings is 1. The van der Waals surface area contributed by atoms with Gasteiger partial charge in [-0.05, 0) is 37.8 Å². The number of thiazole rings is 1. The number of amides is 2. The molecule has 0 spiro atoms. The zero-order chi connectivity index (χ0) is 18.1. The van der Waals surface area contributed by atoms with E-state index < -0.39 is 0 Å². The Labute approximate surface area is 156 Å². The van der Waals surface area contributed by atoms with Crippen LogP contribution >= 0.6 is 11.3 Å². The summed E-state index contributed by atoms with van der Waals surface area (Å²) < 4.78 is 2.08. The second-order valence-corrected chi connectivity index (χ2v) is 7.75. The Morgan fingerprint density at radius 1 is 1.31 bits per heavy atom. The van der Waals surface area contributed by atoms with Gasteiger partial charge >= 0.3 is 6.03 Å². The van der Waals surface area contributed by atoms with Crippen molar-refractivity contribution >= 4 is 22.5 Å². The van der Waals surface area contributed by atoms with Gasteiger partial charge in [-0.1, -0.05) is 24.3 Å². The van der Waals surface area contributed by atoms with Crippen LogP contribution in [0.3, 0.4) is 0 Å². The van der Waals surface area contributed by atoms with Gasteiger partial charge in [0, 0.05) is 17.3 Å². The molecule has 0 radical (unpaired) electrons. The SMILES string of the molecule is Cc1nc(NC(=O)N[C@@H]2c3ccccc3CC[C@H]2n2ccnc2)sc1C. The van der Waals surface area contributed by atoms with Crippen LogP contribution < -0.4 is 10.6 Å². The summed E-state index contributed by atoms with van der Waals surface area (Å²) in [6, 6.07) is 8.10. The van der Waals surface area contributed by atoms with Crippen LogP contribution in [-0.4, -0.2) is 20.6 Å². The van der Waals surface area contributed by atoms with Crippen molar-refractivity contribution < 1.29 is 4.79 Å². The van der Waals surface area contributed by atoms with E-state index in [9.17, 15) is 4.79 Å². The molecule has 2 aromatic heterocycles. The number of hydrogen-bond donors (Lipinski definition) is 2. The molecule has 6 nitrogen and oxygen atoms in total. The third kappa shape index (κ3) is 3.22. The summed E-state index contributed by atoms with van der Waals surface area (Å²) in [7, 11) is 0. The molecule has 7 heteroatoms. The predicted octanol–water partition coefficient (Wildman–Crippen LogP) is 4.01. The highest BCUT2D eigenvalue weighted by molar-refractivity contribution is 7.15. The standard InChI is InChI=1S/C19H21N5OS/c1-12-13(2)26-19(21-12)23-18(25)22-17-15-6-4-3-5-14(15)7-8-16(17)24-10-9-20-11-24/h3-6,9-11,16-17H,7-8H2,1-2H3,(H2,21,22,23,25)/t16-,17-/m1/s1. The van der Waals surface area contributed by atoms with Gasteiger partial charge in [-0.15, -0.1) is 11.3 Å². The monoisotopic (exact) mass is 367 g/mol. The predicted molar refractivity (Wildman–Crippen MR) is 103 cm³/mol. The topological polar surface area (TPSA) is 71.8 Å². The zero-order valence-corrected chi connectivity index (χ0v) is 15.6. The van der Waals surface area contributed by atoms with Crippen molar-refractivity contribution in [2.75, 3.05) is 5.32 Å². The summed E-state index contributed by atoms with van der Waals surface area (Å²) in [5.41, 5.74) is 3.40. The van der Waals surface area contributed by atoms with Gasteiger partial charge in [0.15, 0.2) is 5.13 Å². The molecule has 2 atom stereocenters. The van der Waals surface area contributed by atoms with Crippen LogP contribution in [0.1, 0.15) is 40.2 Å². The Bertz CT molecular complexity index is 898. The van der Waals surface area contributed by atoms with Crippen LogP contribution in [0.25, 0.3) is 0 Å². The third-order valence-corrected chi connectivity index (χ3v) is 5.92. The number of rotatable bonds is 3. The van der Waals surface area contributed by atoms with E-state index in [1.54, 1.807) is 6.20 Å². The van der Waals surface area contributed by atoms with Gasteiger partial charge in [0.05, 0.1) is 24.1 Å². The zero-order valence-electron chi connectivity index (χ0n) is 14.8. The fourth-order valence-electron chi connectivity index (χ4n) is 3.50. The van der Waals surface area contributed by atoms with Crippen molar-refractivity contribution in [3.63, 3.8) is 0 Å². The lowest BCUT2D eigenvalue weighted by Gasteiger charge is -2.34. The largest absolute Gasteiger partial charge is 0.332 e. The van der Waals surface area contributed by atoms with Crippen LogP contribution in [-0.2, 0) is 6.42 Å². The maximum absolute atomic E-state index is 12.6. The van der Waals surface area contributed by atoms with Crippen LogP contribution in [0.2, 0.25) is 0 Å². The third-order valence-electron chi connectivity index (χ3n) is 4.93. The molecule has 0 bridgehead atoms. The minimum absolute atomic E-state index is 0.115. The van der Waals surface area contributed by atoms with Crippen LogP contribution in [0.4, 0.5) is 9.93 Å². The molecule has 134 valence electrons. The Morgan fingerprint density at radius 3 is 2.88 bits per heavy atom. The number of hydrogen-bond acceptors (Lipinski definition) is 4. The lowest BCUT2D eigenvalue weighted by Crippen LogP contribution is -2.39. The van der Waals surface area contributed by atoms with E-state index >= 15 is 0 Å². The van der Waals surface area contributed by atoms with E-state index in [1.165, 1.54) is 22.5 Å². The Morgan fingerprint density at radius 2 is 2.15 bits per heavy atom. The summed E-state index contributed by atoms with van der Waals surface area (Å²) in [5.74, 6) is 0. The number of urea groups is 1. The molecule has 1 aromatic carbocycles. The summed E-state index contributed by atoms with van der Waals surface area (Å²) in [6.07, 6.45) is 7.49. The van der Waals surface area contributed by atoms with Gasteiger partial charge in [-0.3, -0.25) is 5.32 Å². The first-order valence-corrected chi connectivity index (χ1v) is 9.50. The number of nitrogens with one attached hydrogen (secondary N) is 2. The van der Waals surface area contributed by atoms with Crippen molar-refractivity contribution in [2.24, 2.45) is 0 Å². The minimum Gasteiger partial charge on any atom is -0.332 e. The van der Waals surface area contributed by atoms with Crippen molar-refractivity contribution in [2.45, 2.75) is 38.8 Å². The highest BCUT2D eigenvalue weighted by atomic mass is 32.1. The molecule has 0 saturated carbocycles. The molecule has 0 aliphatic heterocycles. The van der Waals surface area contributed by atoms with Crippen molar-refractivity contribution in [1.82, 2.24) is 19.9 Å². The van der Waals surface area contributed by atoms with E-state index in [2.05, 4.69) is 43.4 Å². The van der Waals surface area contributed by atoms with E-state index in [0.717, 1.165) is 23.4 Å². The van der Waals surface area contributed by atoms with Gasteiger partial charge in [-0.25, -0.2) is 14.8 Å². The molecule has 2 amide bonds. The van der Waals surface area contributed by atoms with E-state index in [-0.39, 0.29) is 18.1 Å². The first-order valence-electron chi connectivity index (χ1n) is 8.68.